The molecule has 0 aliphatic heterocycles. The van der Waals surface area contributed by atoms with Gasteiger partial charge in [-0.15, -0.1) is 0 Å². The number of nitrogens with one attached hydrogen (secondary N) is 3. The summed E-state index contributed by atoms with van der Waals surface area (Å²) >= 11 is 8.31. The van der Waals surface area contributed by atoms with E-state index in [9.17, 15) is 9.59 Å². The van der Waals surface area contributed by atoms with Crippen LogP contribution in [0.25, 0.3) is 0 Å². The third-order valence-electron chi connectivity index (χ3n) is 3.66. The number of hydrogen-bond acceptors (Lipinski definition) is 5. The third kappa shape index (κ3) is 6.50. The Labute approximate surface area is 176 Å². The summed E-state index contributed by atoms with van der Waals surface area (Å²) in [6.45, 7) is 1.87. The minimum atomic E-state index is -0.441. The van der Waals surface area contributed by atoms with E-state index in [0.717, 1.165) is 6.42 Å². The van der Waals surface area contributed by atoms with Crippen molar-refractivity contribution in [2.24, 2.45) is 0 Å². The van der Waals surface area contributed by atoms with Crippen LogP contribution in [-0.4, -0.2) is 30.6 Å². The van der Waals surface area contributed by atoms with Crippen LogP contribution in [0, 0.1) is 0 Å². The predicted octanol–water partition coefficient (Wildman–Crippen LogP) is 2.73. The van der Waals surface area contributed by atoms with E-state index in [1.165, 1.54) is 12.7 Å². The minimum absolute atomic E-state index is 0.0439. The van der Waals surface area contributed by atoms with Crippen molar-refractivity contribution in [3.8, 4) is 11.5 Å². The first-order valence-electron chi connectivity index (χ1n) is 8.38. The lowest BCUT2D eigenvalue weighted by Gasteiger charge is -2.12. The van der Waals surface area contributed by atoms with E-state index in [-0.39, 0.29) is 11.7 Å². The lowest BCUT2D eigenvalue weighted by Crippen LogP contribution is -2.49. The Kier molecular flexibility index (Phi) is 8.21. The average molecular weight is 466 g/mol. The van der Waals surface area contributed by atoms with Crippen LogP contribution in [-0.2, 0) is 11.2 Å². The van der Waals surface area contributed by atoms with Crippen molar-refractivity contribution >= 4 is 45.1 Å². The van der Waals surface area contributed by atoms with Gasteiger partial charge in [0.1, 0.15) is 11.5 Å². The Morgan fingerprint density at radius 3 is 2.43 bits per heavy atom. The molecule has 0 radical (unpaired) electrons. The largest absolute Gasteiger partial charge is 0.496 e. The van der Waals surface area contributed by atoms with Gasteiger partial charge < -0.3 is 9.47 Å². The molecule has 2 aromatic rings. The fraction of sp³-hybridized carbons (Fsp3) is 0.211. The highest BCUT2D eigenvalue weighted by atomic mass is 79.9. The number of ether oxygens (including phenoxy) is 2. The monoisotopic (exact) mass is 465 g/mol. The molecule has 9 heteroatoms. The second-order valence-corrected chi connectivity index (χ2v) is 6.85. The van der Waals surface area contributed by atoms with E-state index in [2.05, 4.69) is 39.0 Å². The van der Waals surface area contributed by atoms with Crippen molar-refractivity contribution in [1.29, 1.82) is 0 Å². The molecule has 2 rings (SSSR count). The van der Waals surface area contributed by atoms with Crippen LogP contribution in [0.5, 0.6) is 11.5 Å². The second-order valence-electron chi connectivity index (χ2n) is 5.59. The first-order valence-corrected chi connectivity index (χ1v) is 9.58. The Bertz CT molecular complexity index is 859. The number of halogens is 1. The van der Waals surface area contributed by atoms with Gasteiger partial charge >= 0.3 is 0 Å². The highest BCUT2D eigenvalue weighted by molar-refractivity contribution is 9.10. The van der Waals surface area contributed by atoms with Crippen molar-refractivity contribution in [1.82, 2.24) is 16.2 Å². The van der Waals surface area contributed by atoms with Crippen molar-refractivity contribution in [2.75, 3.05) is 13.7 Å². The molecule has 0 saturated carbocycles. The Balaban J connectivity index is 1.75. The number of methoxy groups -OCH3 is 1. The van der Waals surface area contributed by atoms with Crippen molar-refractivity contribution in [3.05, 3.63) is 58.1 Å². The van der Waals surface area contributed by atoms with E-state index in [1.54, 1.807) is 30.3 Å². The second kappa shape index (κ2) is 10.6. The Morgan fingerprint density at radius 2 is 1.82 bits per heavy atom. The van der Waals surface area contributed by atoms with Crippen molar-refractivity contribution in [3.63, 3.8) is 0 Å². The van der Waals surface area contributed by atoms with E-state index < -0.39 is 11.8 Å². The number of carbonyl (C=O) groups is 2. The molecule has 28 heavy (non-hydrogen) atoms. The Morgan fingerprint density at radius 1 is 1.11 bits per heavy atom. The first kappa shape index (κ1) is 21.6. The molecule has 0 atom stereocenters. The number of amides is 2. The summed E-state index contributed by atoms with van der Waals surface area (Å²) < 4.78 is 11.1. The summed E-state index contributed by atoms with van der Waals surface area (Å²) in [7, 11) is 1.53. The third-order valence-corrected chi connectivity index (χ3v) is 4.48. The van der Waals surface area contributed by atoms with Gasteiger partial charge in [0.15, 0.2) is 11.7 Å². The zero-order valence-corrected chi connectivity index (χ0v) is 17.8. The molecule has 0 aromatic heterocycles. The molecule has 0 bridgehead atoms. The zero-order chi connectivity index (χ0) is 20.5. The fourth-order valence-corrected chi connectivity index (χ4v) is 2.83. The van der Waals surface area contributed by atoms with Gasteiger partial charge in [-0.1, -0.05) is 19.1 Å². The maximum Gasteiger partial charge on any atom is 0.276 e. The predicted molar refractivity (Wildman–Crippen MR) is 113 cm³/mol. The molecular weight excluding hydrogens is 446 g/mol. The fourth-order valence-electron chi connectivity index (χ4n) is 2.15. The van der Waals surface area contributed by atoms with Gasteiger partial charge in [0.25, 0.3) is 11.8 Å². The molecule has 2 aromatic carbocycles. The van der Waals surface area contributed by atoms with Gasteiger partial charge in [-0.25, -0.2) is 0 Å². The summed E-state index contributed by atoms with van der Waals surface area (Å²) in [6, 6.07) is 12.3. The summed E-state index contributed by atoms with van der Waals surface area (Å²) in [4.78, 5) is 24.0. The van der Waals surface area contributed by atoms with Gasteiger partial charge in [-0.2, -0.15) is 0 Å². The number of hydrazine groups is 1. The molecule has 0 saturated heterocycles. The number of rotatable bonds is 6. The van der Waals surface area contributed by atoms with Crippen LogP contribution in [0.15, 0.2) is 46.9 Å². The van der Waals surface area contributed by atoms with Gasteiger partial charge in [0.05, 0.1) is 11.6 Å². The number of benzene rings is 2. The minimum Gasteiger partial charge on any atom is -0.496 e. The molecule has 0 unspecified atom stereocenters. The van der Waals surface area contributed by atoms with Crippen LogP contribution in [0.3, 0.4) is 0 Å². The molecule has 3 N–H and O–H groups in total. The summed E-state index contributed by atoms with van der Waals surface area (Å²) in [5.41, 5.74) is 6.38. The smallest absolute Gasteiger partial charge is 0.276 e. The standard InChI is InChI=1S/C19H20BrN3O4S/c1-3-12-4-7-14(8-5-12)27-11-17(24)22-23-19(28)21-18(25)13-6-9-16(26-2)15(20)10-13/h4-10H,3,11H2,1-2H3,(H,22,24)(H2,21,23,25,28). The molecule has 0 aliphatic rings. The number of thiocarbonyl (C=S) groups is 1. The maximum absolute atomic E-state index is 12.2. The van der Waals surface area contributed by atoms with Crippen LogP contribution in [0.1, 0.15) is 22.8 Å². The molecule has 148 valence electrons. The maximum atomic E-state index is 12.2. The van der Waals surface area contributed by atoms with Crippen LogP contribution in [0.4, 0.5) is 0 Å². The molecule has 0 aliphatic carbocycles. The summed E-state index contributed by atoms with van der Waals surface area (Å²) in [5, 5.41) is 2.42. The van der Waals surface area contributed by atoms with E-state index in [4.69, 9.17) is 21.7 Å². The van der Waals surface area contributed by atoms with Crippen LogP contribution < -0.4 is 25.6 Å². The highest BCUT2D eigenvalue weighted by Crippen LogP contribution is 2.25. The van der Waals surface area contributed by atoms with E-state index in [1.807, 2.05) is 12.1 Å². The van der Waals surface area contributed by atoms with Crippen molar-refractivity contribution < 1.29 is 19.1 Å². The van der Waals surface area contributed by atoms with Gasteiger partial charge in [0, 0.05) is 5.56 Å². The molecular formula is C19H20BrN3O4S. The van der Waals surface area contributed by atoms with Gasteiger partial charge in [-0.3, -0.25) is 25.8 Å². The number of aryl methyl sites for hydroxylation is 1. The molecule has 0 spiro atoms. The first-order chi connectivity index (χ1) is 13.4. The van der Waals surface area contributed by atoms with E-state index >= 15 is 0 Å². The average Bonchev–Trinajstić information content (AvgIpc) is 2.70. The quantitative estimate of drug-likeness (QED) is 0.448. The topological polar surface area (TPSA) is 88.7 Å². The van der Waals surface area contributed by atoms with Gasteiger partial charge in [-0.05, 0) is 70.5 Å². The SMILES string of the molecule is CCc1ccc(OCC(=O)NNC(=S)NC(=O)c2ccc(OC)c(Br)c2)cc1. The highest BCUT2D eigenvalue weighted by Gasteiger charge is 2.11. The molecule has 7 nitrogen and oxygen atoms in total. The number of carbonyl (C=O) groups excluding carboxylic acids is 2. The normalized spacial score (nSPS) is 9.96. The lowest BCUT2D eigenvalue weighted by molar-refractivity contribution is -0.123. The zero-order valence-electron chi connectivity index (χ0n) is 15.4. The molecule has 0 fully saturated rings. The Hall–Kier alpha value is -2.65. The molecule has 0 heterocycles. The lowest BCUT2D eigenvalue weighted by atomic mass is 10.2. The van der Waals surface area contributed by atoms with Crippen LogP contribution in [0.2, 0.25) is 0 Å². The van der Waals surface area contributed by atoms with Crippen molar-refractivity contribution in [2.45, 2.75) is 13.3 Å². The van der Waals surface area contributed by atoms with Gasteiger partial charge in [0.2, 0.25) is 0 Å². The van der Waals surface area contributed by atoms with E-state index in [0.29, 0.717) is 21.5 Å². The van der Waals surface area contributed by atoms with Crippen LogP contribution >= 0.6 is 28.1 Å². The summed E-state index contributed by atoms with van der Waals surface area (Å²) in [5.74, 6) is 0.327. The number of hydrogen-bond donors (Lipinski definition) is 3. The summed E-state index contributed by atoms with van der Waals surface area (Å²) in [6.07, 6.45) is 0.932. The molecule has 2 amide bonds.